The highest BCUT2D eigenvalue weighted by atomic mass is 16.2. The minimum Gasteiger partial charge on any atom is -0.311 e. The van der Waals surface area contributed by atoms with Gasteiger partial charge < -0.3 is 4.90 Å². The first-order valence-corrected chi connectivity index (χ1v) is 10.9. The molecule has 3 amide bonds. The van der Waals surface area contributed by atoms with Crippen LogP contribution in [0.5, 0.6) is 0 Å². The number of carbonyl (C=O) groups is 3. The van der Waals surface area contributed by atoms with Crippen LogP contribution in [0, 0.1) is 0 Å². The summed E-state index contributed by atoms with van der Waals surface area (Å²) < 4.78 is 0. The summed E-state index contributed by atoms with van der Waals surface area (Å²) in [6.45, 7) is 4.72. The van der Waals surface area contributed by atoms with Gasteiger partial charge in [-0.3, -0.25) is 24.4 Å². The van der Waals surface area contributed by atoms with Crippen molar-refractivity contribution in [1.82, 2.24) is 19.7 Å². The first-order chi connectivity index (χ1) is 15.0. The fraction of sp³-hybridized carbons (Fsp3) is 0.417. The lowest BCUT2D eigenvalue weighted by molar-refractivity contribution is -0.129. The molecule has 0 saturated carbocycles. The fourth-order valence-corrected chi connectivity index (χ4v) is 4.17. The molecule has 0 N–H and O–H groups in total. The molecule has 0 aliphatic carbocycles. The van der Waals surface area contributed by atoms with Crippen molar-refractivity contribution in [2.24, 2.45) is 0 Å². The van der Waals surface area contributed by atoms with Crippen LogP contribution < -0.4 is 0 Å². The smallest absolute Gasteiger partial charge is 0.311 e. The number of pyridine rings is 1. The second-order valence-corrected chi connectivity index (χ2v) is 8.37. The van der Waals surface area contributed by atoms with Crippen LogP contribution in [0.25, 0.3) is 11.3 Å². The molecule has 1 aromatic carbocycles. The number of piperidine rings is 1. The minimum atomic E-state index is -0.406. The lowest BCUT2D eigenvalue weighted by Crippen LogP contribution is -2.36. The maximum absolute atomic E-state index is 12.4. The summed E-state index contributed by atoms with van der Waals surface area (Å²) in [6, 6.07) is 13.6. The average Bonchev–Trinajstić information content (AvgIpc) is 3.02. The van der Waals surface area contributed by atoms with E-state index in [-0.39, 0.29) is 24.8 Å². The molecule has 2 aliphatic heterocycles. The number of amides is 3. The predicted octanol–water partition coefficient (Wildman–Crippen LogP) is 3.09. The molecule has 0 radical (unpaired) electrons. The highest BCUT2D eigenvalue weighted by Gasteiger charge is 2.36. The third-order valence-electron chi connectivity index (χ3n) is 5.77. The summed E-state index contributed by atoms with van der Waals surface area (Å²) in [5.74, 6) is -0.533. The number of carbonyl (C=O) groups excluding carboxylic acids is 3. The molecule has 3 heterocycles. The second kappa shape index (κ2) is 9.39. The summed E-state index contributed by atoms with van der Waals surface area (Å²) in [4.78, 5) is 45.5. The summed E-state index contributed by atoms with van der Waals surface area (Å²) in [7, 11) is 0. The van der Waals surface area contributed by atoms with Crippen molar-refractivity contribution in [2.45, 2.75) is 39.3 Å². The Balaban J connectivity index is 1.40. The molecule has 2 saturated heterocycles. The van der Waals surface area contributed by atoms with Gasteiger partial charge in [-0.05, 0) is 50.6 Å². The number of hydrogen-bond donors (Lipinski definition) is 0. The molecule has 2 aliphatic rings. The number of rotatable bonds is 7. The van der Waals surface area contributed by atoms with Crippen LogP contribution in [-0.2, 0) is 22.7 Å². The van der Waals surface area contributed by atoms with E-state index in [1.807, 2.05) is 36.4 Å². The molecule has 2 aromatic rings. The van der Waals surface area contributed by atoms with Crippen molar-refractivity contribution in [3.8, 4) is 11.3 Å². The first kappa shape index (κ1) is 21.2. The maximum Gasteiger partial charge on any atom is 0.327 e. The van der Waals surface area contributed by atoms with E-state index in [2.05, 4.69) is 11.0 Å². The lowest BCUT2D eigenvalue weighted by Gasteiger charge is -2.26. The van der Waals surface area contributed by atoms with Crippen LogP contribution in [0.1, 0.15) is 37.4 Å². The molecule has 7 heteroatoms. The van der Waals surface area contributed by atoms with Crippen LogP contribution in [0.15, 0.2) is 42.5 Å². The number of Topliss-reactive ketones (excluding diaryl/α,β-unsaturated/α-hetero) is 1. The molecule has 0 spiro atoms. The molecule has 31 heavy (non-hydrogen) atoms. The lowest BCUT2D eigenvalue weighted by atomic mass is 10.1. The number of aromatic nitrogens is 1. The van der Waals surface area contributed by atoms with E-state index < -0.39 is 6.03 Å². The monoisotopic (exact) mass is 420 g/mol. The number of hydrogen-bond acceptors (Lipinski definition) is 5. The number of benzene rings is 1. The van der Waals surface area contributed by atoms with Gasteiger partial charge in [0, 0.05) is 18.7 Å². The van der Waals surface area contributed by atoms with Crippen molar-refractivity contribution in [2.75, 3.05) is 26.2 Å². The van der Waals surface area contributed by atoms with E-state index >= 15 is 0 Å². The van der Waals surface area contributed by atoms with Gasteiger partial charge in [0.05, 0.1) is 17.9 Å². The Morgan fingerprint density at radius 2 is 1.71 bits per heavy atom. The third-order valence-corrected chi connectivity index (χ3v) is 5.77. The SMILES string of the molecule is CC(=O)CN1C(=O)CN(Cc2ccc(-c3cccc(CN4CCCCC4)n3)cc2)C1=O. The maximum atomic E-state index is 12.4. The van der Waals surface area contributed by atoms with Gasteiger partial charge in [-0.25, -0.2) is 4.79 Å². The predicted molar refractivity (Wildman–Crippen MR) is 117 cm³/mol. The quantitative estimate of drug-likeness (QED) is 0.644. The molecular formula is C24H28N4O3. The Kier molecular flexibility index (Phi) is 6.42. The van der Waals surface area contributed by atoms with E-state index in [1.165, 1.54) is 31.1 Å². The number of nitrogens with zero attached hydrogens (tertiary/aromatic N) is 4. The molecule has 162 valence electrons. The Bertz CT molecular complexity index is 967. The fourth-order valence-electron chi connectivity index (χ4n) is 4.17. The van der Waals surface area contributed by atoms with Crippen molar-refractivity contribution in [1.29, 1.82) is 0 Å². The first-order valence-electron chi connectivity index (χ1n) is 10.9. The van der Waals surface area contributed by atoms with E-state index in [0.717, 1.165) is 47.0 Å². The van der Waals surface area contributed by atoms with Crippen molar-refractivity contribution >= 4 is 17.7 Å². The molecule has 0 unspecified atom stereocenters. The van der Waals surface area contributed by atoms with Crippen LogP contribution in [0.2, 0.25) is 0 Å². The Morgan fingerprint density at radius 1 is 0.968 bits per heavy atom. The number of likely N-dealkylation sites (tertiary alicyclic amines) is 1. The number of urea groups is 1. The Morgan fingerprint density at radius 3 is 2.42 bits per heavy atom. The topological polar surface area (TPSA) is 73.8 Å². The summed E-state index contributed by atoms with van der Waals surface area (Å²) >= 11 is 0. The molecular weight excluding hydrogens is 392 g/mol. The van der Waals surface area contributed by atoms with Gasteiger partial charge in [-0.2, -0.15) is 0 Å². The van der Waals surface area contributed by atoms with Gasteiger partial charge in [0.25, 0.3) is 5.91 Å². The standard InChI is InChI=1S/C24H28N4O3/c1-18(29)14-28-23(30)17-27(24(28)31)15-19-8-10-20(11-9-19)22-7-5-6-21(25-22)16-26-12-3-2-4-13-26/h5-11H,2-4,12-17H2,1H3. The largest absolute Gasteiger partial charge is 0.327 e. The molecule has 7 nitrogen and oxygen atoms in total. The van der Waals surface area contributed by atoms with Gasteiger partial charge in [-0.1, -0.05) is 36.8 Å². The van der Waals surface area contributed by atoms with Gasteiger partial charge >= 0.3 is 6.03 Å². The third kappa shape index (κ3) is 5.17. The molecule has 2 fully saturated rings. The zero-order valence-electron chi connectivity index (χ0n) is 17.9. The average molecular weight is 421 g/mol. The van der Waals surface area contributed by atoms with Crippen molar-refractivity contribution in [3.05, 3.63) is 53.7 Å². The van der Waals surface area contributed by atoms with Crippen molar-refractivity contribution in [3.63, 3.8) is 0 Å². The highest BCUT2D eigenvalue weighted by Crippen LogP contribution is 2.21. The van der Waals surface area contributed by atoms with E-state index in [0.29, 0.717) is 6.54 Å². The van der Waals surface area contributed by atoms with Crippen LogP contribution in [0.3, 0.4) is 0 Å². The zero-order chi connectivity index (χ0) is 21.8. The Hall–Kier alpha value is -3.06. The van der Waals surface area contributed by atoms with Crippen molar-refractivity contribution < 1.29 is 14.4 Å². The summed E-state index contributed by atoms with van der Waals surface area (Å²) in [5, 5.41) is 0. The number of ketones is 1. The van der Waals surface area contributed by atoms with Gasteiger partial charge in [0.1, 0.15) is 12.3 Å². The van der Waals surface area contributed by atoms with Crippen LogP contribution >= 0.6 is 0 Å². The molecule has 0 atom stereocenters. The van der Waals surface area contributed by atoms with E-state index in [1.54, 1.807) is 0 Å². The second-order valence-electron chi connectivity index (χ2n) is 8.37. The van der Waals surface area contributed by atoms with Crippen LogP contribution in [0.4, 0.5) is 4.79 Å². The van der Waals surface area contributed by atoms with Gasteiger partial charge in [-0.15, -0.1) is 0 Å². The highest BCUT2D eigenvalue weighted by molar-refractivity contribution is 6.04. The summed E-state index contributed by atoms with van der Waals surface area (Å²) in [6.07, 6.45) is 3.85. The normalized spacial score (nSPS) is 17.5. The van der Waals surface area contributed by atoms with Crippen LogP contribution in [-0.4, -0.2) is 63.6 Å². The number of imide groups is 1. The Labute approximate surface area is 182 Å². The molecule has 0 bridgehead atoms. The van der Waals surface area contributed by atoms with Gasteiger partial charge in [0.15, 0.2) is 0 Å². The zero-order valence-corrected chi connectivity index (χ0v) is 17.9. The molecule has 4 rings (SSSR count). The van der Waals surface area contributed by atoms with Gasteiger partial charge in [0.2, 0.25) is 0 Å². The summed E-state index contributed by atoms with van der Waals surface area (Å²) in [5.41, 5.74) is 3.96. The minimum absolute atomic E-state index is 0.00790. The molecule has 1 aromatic heterocycles. The van der Waals surface area contributed by atoms with E-state index in [9.17, 15) is 14.4 Å². The van der Waals surface area contributed by atoms with E-state index in [4.69, 9.17) is 4.98 Å².